The normalized spacial score (nSPS) is 32.7. The minimum absolute atomic E-state index is 0.495. The fourth-order valence-electron chi connectivity index (χ4n) is 2.17. The van der Waals surface area contributed by atoms with Crippen LogP contribution in [0.5, 0.6) is 0 Å². The standard InChI is InChI=1S/C10H21N/c1-10(2,3)7-8-4-5-9(11)6-8/h8-9H,4-7,11H2,1-3H3. The molecule has 1 fully saturated rings. The third-order valence-electron chi connectivity index (χ3n) is 2.48. The molecule has 1 rings (SSSR count). The van der Waals surface area contributed by atoms with Gasteiger partial charge < -0.3 is 5.73 Å². The van der Waals surface area contributed by atoms with Gasteiger partial charge in [0.2, 0.25) is 0 Å². The second-order valence-electron chi connectivity index (χ2n) is 5.20. The molecule has 0 amide bonds. The molecule has 2 N–H and O–H groups in total. The lowest BCUT2D eigenvalue weighted by molar-refractivity contribution is 0.295. The van der Waals surface area contributed by atoms with Gasteiger partial charge in [-0.25, -0.2) is 0 Å². The van der Waals surface area contributed by atoms with E-state index >= 15 is 0 Å². The molecule has 1 aliphatic carbocycles. The van der Waals surface area contributed by atoms with Crippen LogP contribution in [0.1, 0.15) is 46.5 Å². The van der Waals surface area contributed by atoms with Gasteiger partial charge in [-0.05, 0) is 37.0 Å². The molecule has 1 aliphatic rings. The predicted molar refractivity (Wildman–Crippen MR) is 49.4 cm³/mol. The van der Waals surface area contributed by atoms with Crippen molar-refractivity contribution < 1.29 is 0 Å². The largest absolute Gasteiger partial charge is 0.328 e. The number of hydrogen-bond donors (Lipinski definition) is 1. The lowest BCUT2D eigenvalue weighted by Gasteiger charge is -2.22. The van der Waals surface area contributed by atoms with Crippen LogP contribution in [0, 0.1) is 11.3 Å². The van der Waals surface area contributed by atoms with Crippen LogP contribution < -0.4 is 5.73 Å². The molecule has 0 radical (unpaired) electrons. The Morgan fingerprint density at radius 1 is 1.27 bits per heavy atom. The fourth-order valence-corrected chi connectivity index (χ4v) is 2.17. The van der Waals surface area contributed by atoms with Gasteiger partial charge in [-0.3, -0.25) is 0 Å². The van der Waals surface area contributed by atoms with E-state index in [1.807, 2.05) is 0 Å². The molecule has 0 aromatic heterocycles. The first-order valence-corrected chi connectivity index (χ1v) is 4.73. The SMILES string of the molecule is CC(C)(C)CC1CCC(N)C1. The Labute approximate surface area is 70.4 Å². The first-order valence-electron chi connectivity index (χ1n) is 4.73. The Morgan fingerprint density at radius 2 is 1.91 bits per heavy atom. The van der Waals surface area contributed by atoms with Crippen molar-refractivity contribution in [3.05, 3.63) is 0 Å². The molecular formula is C10H21N. The van der Waals surface area contributed by atoms with Crippen LogP contribution in [-0.4, -0.2) is 6.04 Å². The second kappa shape index (κ2) is 3.14. The van der Waals surface area contributed by atoms with Gasteiger partial charge >= 0.3 is 0 Å². The summed E-state index contributed by atoms with van der Waals surface area (Å²) in [6.45, 7) is 6.95. The molecule has 1 nitrogen and oxygen atoms in total. The summed E-state index contributed by atoms with van der Waals surface area (Å²) < 4.78 is 0. The molecule has 66 valence electrons. The van der Waals surface area contributed by atoms with E-state index in [9.17, 15) is 0 Å². The molecular weight excluding hydrogens is 134 g/mol. The monoisotopic (exact) mass is 155 g/mol. The van der Waals surface area contributed by atoms with Crippen LogP contribution in [0.4, 0.5) is 0 Å². The molecule has 0 spiro atoms. The van der Waals surface area contributed by atoms with E-state index in [0.29, 0.717) is 11.5 Å². The first-order chi connectivity index (χ1) is 4.97. The highest BCUT2D eigenvalue weighted by atomic mass is 14.6. The predicted octanol–water partition coefficient (Wildman–Crippen LogP) is 2.55. The van der Waals surface area contributed by atoms with Crippen molar-refractivity contribution in [1.82, 2.24) is 0 Å². The number of hydrogen-bond acceptors (Lipinski definition) is 1. The molecule has 1 heteroatoms. The van der Waals surface area contributed by atoms with Gasteiger partial charge in [-0.2, -0.15) is 0 Å². The summed E-state index contributed by atoms with van der Waals surface area (Å²) in [6, 6.07) is 0.502. The summed E-state index contributed by atoms with van der Waals surface area (Å²) in [4.78, 5) is 0. The zero-order chi connectivity index (χ0) is 8.48. The average molecular weight is 155 g/mol. The van der Waals surface area contributed by atoms with E-state index in [1.54, 1.807) is 0 Å². The molecule has 2 atom stereocenters. The van der Waals surface area contributed by atoms with Gasteiger partial charge in [0.15, 0.2) is 0 Å². The zero-order valence-corrected chi connectivity index (χ0v) is 8.06. The lowest BCUT2D eigenvalue weighted by atomic mass is 9.84. The second-order valence-corrected chi connectivity index (χ2v) is 5.20. The van der Waals surface area contributed by atoms with Crippen LogP contribution >= 0.6 is 0 Å². The van der Waals surface area contributed by atoms with E-state index in [2.05, 4.69) is 20.8 Å². The smallest absolute Gasteiger partial charge is 0.00415 e. The van der Waals surface area contributed by atoms with Crippen molar-refractivity contribution in [2.75, 3.05) is 0 Å². The summed E-state index contributed by atoms with van der Waals surface area (Å²) in [6.07, 6.45) is 5.22. The molecule has 11 heavy (non-hydrogen) atoms. The van der Waals surface area contributed by atoms with Crippen molar-refractivity contribution in [2.45, 2.75) is 52.5 Å². The van der Waals surface area contributed by atoms with Crippen molar-refractivity contribution in [2.24, 2.45) is 17.1 Å². The third kappa shape index (κ3) is 3.24. The summed E-state index contributed by atoms with van der Waals surface area (Å²) in [5, 5.41) is 0. The average Bonchev–Trinajstić information content (AvgIpc) is 2.10. The summed E-state index contributed by atoms with van der Waals surface area (Å²) in [5.74, 6) is 0.907. The topological polar surface area (TPSA) is 26.0 Å². The summed E-state index contributed by atoms with van der Waals surface area (Å²) in [5.41, 5.74) is 6.34. The van der Waals surface area contributed by atoms with Gasteiger partial charge in [-0.1, -0.05) is 20.8 Å². The maximum Gasteiger partial charge on any atom is 0.00415 e. The Morgan fingerprint density at radius 3 is 2.27 bits per heavy atom. The minimum Gasteiger partial charge on any atom is -0.328 e. The molecule has 0 aromatic carbocycles. The molecule has 0 aromatic rings. The number of rotatable bonds is 1. The molecule has 0 saturated heterocycles. The highest BCUT2D eigenvalue weighted by Crippen LogP contribution is 2.34. The van der Waals surface area contributed by atoms with Gasteiger partial charge in [0.05, 0.1) is 0 Å². The summed E-state index contributed by atoms with van der Waals surface area (Å²) >= 11 is 0. The van der Waals surface area contributed by atoms with Crippen LogP contribution in [0.15, 0.2) is 0 Å². The van der Waals surface area contributed by atoms with Crippen molar-refractivity contribution in [3.63, 3.8) is 0 Å². The van der Waals surface area contributed by atoms with Crippen LogP contribution in [0.2, 0.25) is 0 Å². The van der Waals surface area contributed by atoms with Gasteiger partial charge in [-0.15, -0.1) is 0 Å². The first kappa shape index (κ1) is 9.05. The van der Waals surface area contributed by atoms with Crippen molar-refractivity contribution >= 4 is 0 Å². The Balaban J connectivity index is 2.29. The Kier molecular flexibility index (Phi) is 2.58. The van der Waals surface area contributed by atoms with E-state index in [-0.39, 0.29) is 0 Å². The molecule has 2 unspecified atom stereocenters. The van der Waals surface area contributed by atoms with Crippen LogP contribution in [-0.2, 0) is 0 Å². The maximum absolute atomic E-state index is 5.84. The minimum atomic E-state index is 0.495. The van der Waals surface area contributed by atoms with Crippen LogP contribution in [0.3, 0.4) is 0 Å². The lowest BCUT2D eigenvalue weighted by Crippen LogP contribution is -2.16. The van der Waals surface area contributed by atoms with E-state index in [0.717, 1.165) is 5.92 Å². The number of nitrogens with two attached hydrogens (primary N) is 1. The maximum atomic E-state index is 5.84. The fraction of sp³-hybridized carbons (Fsp3) is 1.00. The molecule has 0 heterocycles. The van der Waals surface area contributed by atoms with E-state index < -0.39 is 0 Å². The van der Waals surface area contributed by atoms with E-state index in [1.165, 1.54) is 25.7 Å². The highest BCUT2D eigenvalue weighted by molar-refractivity contribution is 4.80. The van der Waals surface area contributed by atoms with Gasteiger partial charge in [0.25, 0.3) is 0 Å². The zero-order valence-electron chi connectivity index (χ0n) is 8.06. The molecule has 0 aliphatic heterocycles. The Bertz CT molecular complexity index is 123. The van der Waals surface area contributed by atoms with Gasteiger partial charge in [0.1, 0.15) is 0 Å². The van der Waals surface area contributed by atoms with E-state index in [4.69, 9.17) is 5.73 Å². The van der Waals surface area contributed by atoms with Crippen LogP contribution in [0.25, 0.3) is 0 Å². The third-order valence-corrected chi connectivity index (χ3v) is 2.48. The van der Waals surface area contributed by atoms with Crippen molar-refractivity contribution in [1.29, 1.82) is 0 Å². The van der Waals surface area contributed by atoms with Crippen molar-refractivity contribution in [3.8, 4) is 0 Å². The molecule has 1 saturated carbocycles. The van der Waals surface area contributed by atoms with Gasteiger partial charge in [0, 0.05) is 6.04 Å². The summed E-state index contributed by atoms with van der Waals surface area (Å²) in [7, 11) is 0. The molecule has 0 bridgehead atoms. The Hall–Kier alpha value is -0.0400. The quantitative estimate of drug-likeness (QED) is 0.618. The highest BCUT2D eigenvalue weighted by Gasteiger charge is 2.25.